The third-order valence-corrected chi connectivity index (χ3v) is 3.94. The molecule has 1 fully saturated rings. The first-order valence-corrected chi connectivity index (χ1v) is 8.81. The van der Waals surface area contributed by atoms with Crippen LogP contribution in [0.5, 0.6) is 0 Å². The predicted molar refractivity (Wildman–Crippen MR) is 85.4 cm³/mol. The van der Waals surface area contributed by atoms with Crippen molar-refractivity contribution >= 4 is 5.97 Å². The molecule has 1 N–H and O–H groups in total. The van der Waals surface area contributed by atoms with E-state index in [0.717, 1.165) is 32.5 Å². The van der Waals surface area contributed by atoms with E-state index in [2.05, 4.69) is 5.32 Å². The number of hydrogen-bond acceptors (Lipinski definition) is 4. The average molecular weight is 299 g/mol. The van der Waals surface area contributed by atoms with Gasteiger partial charge in [0, 0.05) is 19.6 Å². The van der Waals surface area contributed by atoms with Gasteiger partial charge >= 0.3 is 5.97 Å². The summed E-state index contributed by atoms with van der Waals surface area (Å²) in [7, 11) is 0. The Balaban J connectivity index is 1.75. The number of rotatable bonds is 12. The minimum absolute atomic E-state index is 0.0492. The van der Waals surface area contributed by atoms with Gasteiger partial charge in [0.05, 0.1) is 12.7 Å². The summed E-state index contributed by atoms with van der Waals surface area (Å²) in [6.45, 7) is 5.44. The van der Waals surface area contributed by atoms with Crippen LogP contribution in [-0.2, 0) is 14.3 Å². The molecule has 1 unspecified atom stereocenters. The first-order valence-electron chi connectivity index (χ1n) is 8.81. The SMILES string of the molecule is CCOC(=O)CCCCCCCCCOC1CCCNC1. The largest absolute Gasteiger partial charge is 0.466 e. The van der Waals surface area contributed by atoms with E-state index in [4.69, 9.17) is 9.47 Å². The molecule has 0 bridgehead atoms. The Labute approximate surface area is 130 Å². The van der Waals surface area contributed by atoms with Crippen LogP contribution in [-0.4, -0.2) is 38.4 Å². The van der Waals surface area contributed by atoms with Crippen LogP contribution in [0.1, 0.15) is 71.1 Å². The normalized spacial score (nSPS) is 18.6. The lowest BCUT2D eigenvalue weighted by Gasteiger charge is -2.22. The van der Waals surface area contributed by atoms with Crippen LogP contribution in [0.15, 0.2) is 0 Å². The standard InChI is InChI=1S/C17H33NO3/c1-2-20-17(19)12-8-6-4-3-5-7-9-14-21-16-11-10-13-18-15-16/h16,18H,2-15H2,1H3. The van der Waals surface area contributed by atoms with Crippen molar-refractivity contribution in [2.45, 2.75) is 77.2 Å². The number of esters is 1. The van der Waals surface area contributed by atoms with E-state index < -0.39 is 0 Å². The van der Waals surface area contributed by atoms with E-state index in [1.54, 1.807) is 0 Å². The third-order valence-electron chi connectivity index (χ3n) is 3.94. The number of nitrogens with one attached hydrogen (secondary N) is 1. The second-order valence-electron chi connectivity index (χ2n) is 5.87. The highest BCUT2D eigenvalue weighted by Gasteiger charge is 2.12. The van der Waals surface area contributed by atoms with Gasteiger partial charge in [0.1, 0.15) is 0 Å². The van der Waals surface area contributed by atoms with Gasteiger partial charge in [0.25, 0.3) is 0 Å². The molecular weight excluding hydrogens is 266 g/mol. The second kappa shape index (κ2) is 13.1. The van der Waals surface area contributed by atoms with E-state index in [-0.39, 0.29) is 5.97 Å². The number of unbranched alkanes of at least 4 members (excludes halogenated alkanes) is 6. The zero-order chi connectivity index (χ0) is 15.2. The second-order valence-corrected chi connectivity index (χ2v) is 5.87. The summed E-state index contributed by atoms with van der Waals surface area (Å²) in [5, 5.41) is 3.37. The van der Waals surface area contributed by atoms with Crippen LogP contribution in [0, 0.1) is 0 Å². The fourth-order valence-electron chi connectivity index (χ4n) is 2.70. The molecule has 0 aromatic heterocycles. The minimum Gasteiger partial charge on any atom is -0.466 e. The van der Waals surface area contributed by atoms with Crippen LogP contribution in [0.2, 0.25) is 0 Å². The number of ether oxygens (including phenoxy) is 2. The molecule has 21 heavy (non-hydrogen) atoms. The molecule has 1 aliphatic rings. The zero-order valence-corrected chi connectivity index (χ0v) is 13.7. The highest BCUT2D eigenvalue weighted by atomic mass is 16.5. The van der Waals surface area contributed by atoms with Gasteiger partial charge in [-0.05, 0) is 39.2 Å². The Morgan fingerprint density at radius 3 is 2.48 bits per heavy atom. The Morgan fingerprint density at radius 1 is 1.10 bits per heavy atom. The summed E-state index contributed by atoms with van der Waals surface area (Å²) >= 11 is 0. The fourth-order valence-corrected chi connectivity index (χ4v) is 2.70. The summed E-state index contributed by atoms with van der Waals surface area (Å²) in [5.41, 5.74) is 0. The van der Waals surface area contributed by atoms with Gasteiger partial charge in [-0.15, -0.1) is 0 Å². The maximum Gasteiger partial charge on any atom is 0.305 e. The van der Waals surface area contributed by atoms with E-state index in [1.807, 2.05) is 6.92 Å². The molecule has 0 amide bonds. The molecule has 0 saturated carbocycles. The van der Waals surface area contributed by atoms with Crippen LogP contribution in [0.3, 0.4) is 0 Å². The molecule has 0 radical (unpaired) electrons. The van der Waals surface area contributed by atoms with Gasteiger partial charge in [0.2, 0.25) is 0 Å². The highest BCUT2D eigenvalue weighted by Crippen LogP contribution is 2.11. The molecule has 1 heterocycles. The van der Waals surface area contributed by atoms with Crippen molar-refractivity contribution in [3.05, 3.63) is 0 Å². The molecule has 1 atom stereocenters. The number of piperidine rings is 1. The van der Waals surface area contributed by atoms with Gasteiger partial charge in [-0.25, -0.2) is 0 Å². The lowest BCUT2D eigenvalue weighted by molar-refractivity contribution is -0.143. The summed E-state index contributed by atoms with van der Waals surface area (Å²) in [4.78, 5) is 11.1. The van der Waals surface area contributed by atoms with Crippen molar-refractivity contribution in [1.82, 2.24) is 5.32 Å². The van der Waals surface area contributed by atoms with Gasteiger partial charge in [-0.2, -0.15) is 0 Å². The van der Waals surface area contributed by atoms with Crippen LogP contribution in [0.25, 0.3) is 0 Å². The Bertz CT molecular complexity index is 252. The molecule has 1 rings (SSSR count). The van der Waals surface area contributed by atoms with Crippen molar-refractivity contribution in [3.8, 4) is 0 Å². The quantitative estimate of drug-likeness (QED) is 0.443. The first kappa shape index (κ1) is 18.4. The lowest BCUT2D eigenvalue weighted by Crippen LogP contribution is -2.35. The van der Waals surface area contributed by atoms with Crippen molar-refractivity contribution in [3.63, 3.8) is 0 Å². The molecule has 0 aromatic carbocycles. The van der Waals surface area contributed by atoms with E-state index in [1.165, 1.54) is 44.9 Å². The molecule has 0 spiro atoms. The molecule has 1 aliphatic heterocycles. The monoisotopic (exact) mass is 299 g/mol. The van der Waals surface area contributed by atoms with Crippen LogP contribution in [0.4, 0.5) is 0 Å². The van der Waals surface area contributed by atoms with Gasteiger partial charge < -0.3 is 14.8 Å². The molecule has 0 aromatic rings. The maximum atomic E-state index is 11.1. The van der Waals surface area contributed by atoms with Crippen molar-refractivity contribution in [1.29, 1.82) is 0 Å². The predicted octanol–water partition coefficient (Wildman–Crippen LogP) is 3.44. The van der Waals surface area contributed by atoms with Crippen LogP contribution >= 0.6 is 0 Å². The van der Waals surface area contributed by atoms with Gasteiger partial charge in [0.15, 0.2) is 0 Å². The Hall–Kier alpha value is -0.610. The molecular formula is C17H33NO3. The summed E-state index contributed by atoms with van der Waals surface area (Å²) < 4.78 is 10.8. The van der Waals surface area contributed by atoms with Crippen LogP contribution < -0.4 is 5.32 Å². The van der Waals surface area contributed by atoms with E-state index in [9.17, 15) is 4.79 Å². The number of hydrogen-bond donors (Lipinski definition) is 1. The molecule has 124 valence electrons. The zero-order valence-electron chi connectivity index (χ0n) is 13.7. The van der Waals surface area contributed by atoms with Crippen molar-refractivity contribution in [2.24, 2.45) is 0 Å². The van der Waals surface area contributed by atoms with E-state index >= 15 is 0 Å². The third kappa shape index (κ3) is 10.7. The lowest BCUT2D eigenvalue weighted by atomic mass is 10.1. The molecule has 1 saturated heterocycles. The molecule has 0 aliphatic carbocycles. The van der Waals surface area contributed by atoms with Crippen molar-refractivity contribution in [2.75, 3.05) is 26.3 Å². The minimum atomic E-state index is -0.0492. The maximum absolute atomic E-state index is 11.1. The fraction of sp³-hybridized carbons (Fsp3) is 0.941. The average Bonchev–Trinajstić information content (AvgIpc) is 2.50. The molecule has 4 heteroatoms. The smallest absolute Gasteiger partial charge is 0.305 e. The van der Waals surface area contributed by atoms with Crippen molar-refractivity contribution < 1.29 is 14.3 Å². The van der Waals surface area contributed by atoms with E-state index in [0.29, 0.717) is 19.1 Å². The topological polar surface area (TPSA) is 47.6 Å². The first-order chi connectivity index (χ1) is 10.3. The Kier molecular flexibility index (Phi) is 11.5. The summed E-state index contributed by atoms with van der Waals surface area (Å²) in [6.07, 6.45) is 11.8. The summed E-state index contributed by atoms with van der Waals surface area (Å²) in [5.74, 6) is -0.0492. The Morgan fingerprint density at radius 2 is 1.81 bits per heavy atom. The molecule has 4 nitrogen and oxygen atoms in total. The number of carbonyl (C=O) groups is 1. The highest BCUT2D eigenvalue weighted by molar-refractivity contribution is 5.69. The van der Waals surface area contributed by atoms with Gasteiger partial charge in [-0.3, -0.25) is 4.79 Å². The summed E-state index contributed by atoms with van der Waals surface area (Å²) in [6, 6.07) is 0. The van der Waals surface area contributed by atoms with Gasteiger partial charge in [-0.1, -0.05) is 32.1 Å². The number of carbonyl (C=O) groups excluding carboxylic acids is 1.